The van der Waals surface area contributed by atoms with Gasteiger partial charge in [-0.05, 0) is 58.7 Å². The van der Waals surface area contributed by atoms with Gasteiger partial charge in [0.2, 0.25) is 0 Å². The summed E-state index contributed by atoms with van der Waals surface area (Å²) in [5.74, 6) is -0.0446. The van der Waals surface area contributed by atoms with E-state index < -0.39 is 0 Å². The third-order valence-corrected chi connectivity index (χ3v) is 7.02. The Hall–Kier alpha value is -2.12. The van der Waals surface area contributed by atoms with Crippen molar-refractivity contribution >= 4 is 23.0 Å². The number of benzene rings is 1. The van der Waals surface area contributed by atoms with Crippen molar-refractivity contribution in [1.82, 2.24) is 15.2 Å². The lowest BCUT2D eigenvalue weighted by Crippen LogP contribution is -2.55. The number of hydrogen-bond donors (Lipinski definition) is 1. The van der Waals surface area contributed by atoms with Crippen LogP contribution in [0.4, 0.5) is 6.01 Å². The van der Waals surface area contributed by atoms with Crippen LogP contribution < -0.4 is 10.2 Å². The summed E-state index contributed by atoms with van der Waals surface area (Å²) in [6.07, 6.45) is 6.08. The lowest BCUT2D eigenvalue weighted by atomic mass is 9.82. The van der Waals surface area contributed by atoms with Gasteiger partial charge in [-0.15, -0.1) is 0 Å². The molecule has 1 N–H and O–H groups in total. The molecule has 7 heteroatoms. The summed E-state index contributed by atoms with van der Waals surface area (Å²) < 4.78 is 11.9. The molecule has 3 aliphatic heterocycles. The van der Waals surface area contributed by atoms with E-state index in [0.717, 1.165) is 25.9 Å². The molecule has 0 unspecified atom stereocenters. The number of rotatable bonds is 3. The van der Waals surface area contributed by atoms with E-state index in [4.69, 9.17) is 14.1 Å². The van der Waals surface area contributed by atoms with Crippen LogP contribution in [0, 0.1) is 0 Å². The van der Waals surface area contributed by atoms with E-state index in [-0.39, 0.29) is 24.2 Å². The average molecular weight is 413 g/mol. The van der Waals surface area contributed by atoms with Crippen molar-refractivity contribution in [2.45, 2.75) is 76.3 Å². The summed E-state index contributed by atoms with van der Waals surface area (Å²) in [7, 11) is 2.23. The number of ether oxygens (including phenoxy) is 1. The molecule has 5 rings (SSSR count). The van der Waals surface area contributed by atoms with Crippen LogP contribution in [-0.4, -0.2) is 66.3 Å². The van der Waals surface area contributed by atoms with Gasteiger partial charge < -0.3 is 24.3 Å². The number of aromatic nitrogens is 1. The number of morpholine rings is 1. The van der Waals surface area contributed by atoms with Crippen molar-refractivity contribution in [2.24, 2.45) is 0 Å². The number of carbonyl (C=O) groups excluding carboxylic acids is 1. The summed E-state index contributed by atoms with van der Waals surface area (Å²) in [4.78, 5) is 22.5. The predicted octanol–water partition coefficient (Wildman–Crippen LogP) is 3.19. The highest BCUT2D eigenvalue weighted by Gasteiger charge is 2.36. The molecule has 3 aliphatic rings. The van der Waals surface area contributed by atoms with Crippen LogP contribution in [0.2, 0.25) is 0 Å². The van der Waals surface area contributed by atoms with Gasteiger partial charge in [-0.1, -0.05) is 12.5 Å². The van der Waals surface area contributed by atoms with Gasteiger partial charge in [0.1, 0.15) is 5.52 Å². The Bertz CT molecular complexity index is 904. The number of oxazole rings is 1. The minimum absolute atomic E-state index is 0.0446. The second kappa shape index (κ2) is 7.85. The normalized spacial score (nSPS) is 32.4. The van der Waals surface area contributed by atoms with Gasteiger partial charge in [-0.3, -0.25) is 4.79 Å². The Morgan fingerprint density at radius 2 is 1.83 bits per heavy atom. The smallest absolute Gasteiger partial charge is 0.298 e. The third-order valence-electron chi connectivity index (χ3n) is 7.02. The molecular weight excluding hydrogens is 380 g/mol. The van der Waals surface area contributed by atoms with Crippen LogP contribution in [0.3, 0.4) is 0 Å². The number of carbonyl (C=O) groups is 1. The zero-order chi connectivity index (χ0) is 20.8. The van der Waals surface area contributed by atoms with Crippen LogP contribution in [0.15, 0.2) is 22.6 Å². The summed E-state index contributed by atoms with van der Waals surface area (Å²) >= 11 is 0. The van der Waals surface area contributed by atoms with E-state index >= 15 is 0 Å². The Morgan fingerprint density at radius 1 is 1.13 bits per heavy atom. The zero-order valence-electron chi connectivity index (χ0n) is 18.1. The summed E-state index contributed by atoms with van der Waals surface area (Å²) in [6, 6.07) is 7.58. The van der Waals surface area contributed by atoms with Crippen molar-refractivity contribution < 1.29 is 13.9 Å². The number of piperidine rings is 2. The van der Waals surface area contributed by atoms with Crippen molar-refractivity contribution in [3.8, 4) is 0 Å². The van der Waals surface area contributed by atoms with Crippen molar-refractivity contribution in [2.75, 3.05) is 25.0 Å². The highest BCUT2D eigenvalue weighted by Crippen LogP contribution is 2.33. The van der Waals surface area contributed by atoms with Crippen molar-refractivity contribution in [1.29, 1.82) is 0 Å². The standard InChI is InChI=1S/C23H32N4O3/c1-14-12-27(13-15(2)29-14)23-25-21-19(8-5-9-20(21)30-23)22(28)24-16-10-17-6-4-7-18(11-16)26(17)3/h5,8-9,14-18H,4,6-7,10-13H2,1-3H3,(H,24,28)/t14-,15+,17-,18-/m1/s1. The summed E-state index contributed by atoms with van der Waals surface area (Å²) in [6.45, 7) is 5.58. The highest BCUT2D eigenvalue weighted by molar-refractivity contribution is 6.04. The Balaban J connectivity index is 1.35. The van der Waals surface area contributed by atoms with E-state index in [9.17, 15) is 4.79 Å². The van der Waals surface area contributed by atoms with Crippen LogP contribution in [0.25, 0.3) is 11.1 Å². The van der Waals surface area contributed by atoms with Gasteiger partial charge in [-0.25, -0.2) is 0 Å². The first kappa shape index (κ1) is 19.8. The number of hydrogen-bond acceptors (Lipinski definition) is 6. The first-order chi connectivity index (χ1) is 14.5. The Kier molecular flexibility index (Phi) is 5.19. The summed E-state index contributed by atoms with van der Waals surface area (Å²) in [5.41, 5.74) is 1.90. The Labute approximate surface area is 177 Å². The fourth-order valence-corrected chi connectivity index (χ4v) is 5.59. The van der Waals surface area contributed by atoms with Gasteiger partial charge in [0.15, 0.2) is 5.58 Å². The van der Waals surface area contributed by atoms with Crippen LogP contribution in [0.5, 0.6) is 0 Å². The number of fused-ring (bicyclic) bond motifs is 3. The molecule has 0 saturated carbocycles. The maximum atomic E-state index is 13.2. The third kappa shape index (κ3) is 3.69. The molecule has 7 nitrogen and oxygen atoms in total. The zero-order valence-corrected chi connectivity index (χ0v) is 18.1. The van der Waals surface area contributed by atoms with Crippen molar-refractivity contribution in [3.05, 3.63) is 23.8 Å². The van der Waals surface area contributed by atoms with E-state index in [1.54, 1.807) is 0 Å². The average Bonchev–Trinajstić information content (AvgIpc) is 3.12. The predicted molar refractivity (Wildman–Crippen MR) is 116 cm³/mol. The van der Waals surface area contributed by atoms with E-state index in [2.05, 4.69) is 36.0 Å². The fourth-order valence-electron chi connectivity index (χ4n) is 5.59. The van der Waals surface area contributed by atoms with Gasteiger partial charge in [0, 0.05) is 31.2 Å². The van der Waals surface area contributed by atoms with Crippen LogP contribution in [0.1, 0.15) is 56.3 Å². The monoisotopic (exact) mass is 412 g/mol. The molecule has 30 heavy (non-hydrogen) atoms. The largest absolute Gasteiger partial charge is 0.423 e. The number of amides is 1. The molecule has 4 heterocycles. The van der Waals surface area contributed by atoms with E-state index in [1.165, 1.54) is 19.3 Å². The molecule has 3 saturated heterocycles. The maximum Gasteiger partial charge on any atom is 0.298 e. The second-order valence-electron chi connectivity index (χ2n) is 9.36. The molecule has 4 atom stereocenters. The molecule has 1 amide bonds. The molecule has 0 aliphatic carbocycles. The summed E-state index contributed by atoms with van der Waals surface area (Å²) in [5, 5.41) is 3.30. The second-order valence-corrected chi connectivity index (χ2v) is 9.36. The van der Waals surface area contributed by atoms with Gasteiger partial charge in [0.25, 0.3) is 11.9 Å². The van der Waals surface area contributed by atoms with Gasteiger partial charge in [0.05, 0.1) is 17.8 Å². The molecular formula is C23H32N4O3. The Morgan fingerprint density at radius 3 is 2.53 bits per heavy atom. The van der Waals surface area contributed by atoms with Crippen LogP contribution >= 0.6 is 0 Å². The highest BCUT2D eigenvalue weighted by atomic mass is 16.5. The molecule has 0 radical (unpaired) electrons. The maximum absolute atomic E-state index is 13.2. The lowest BCUT2D eigenvalue weighted by molar-refractivity contribution is -0.00662. The van der Waals surface area contributed by atoms with Gasteiger partial charge >= 0.3 is 0 Å². The molecule has 2 aromatic rings. The van der Waals surface area contributed by atoms with Crippen LogP contribution in [-0.2, 0) is 4.74 Å². The fraction of sp³-hybridized carbons (Fsp3) is 0.652. The number of anilines is 1. The number of nitrogens with one attached hydrogen (secondary N) is 1. The molecule has 0 spiro atoms. The van der Waals surface area contributed by atoms with Crippen molar-refractivity contribution in [3.63, 3.8) is 0 Å². The minimum Gasteiger partial charge on any atom is -0.423 e. The minimum atomic E-state index is -0.0446. The lowest BCUT2D eigenvalue weighted by Gasteiger charge is -2.47. The topological polar surface area (TPSA) is 70.8 Å². The quantitative estimate of drug-likeness (QED) is 0.835. The number of nitrogens with zero attached hydrogens (tertiary/aromatic N) is 3. The van der Waals surface area contributed by atoms with E-state index in [0.29, 0.717) is 34.8 Å². The van der Waals surface area contributed by atoms with E-state index in [1.807, 2.05) is 18.2 Å². The number of para-hydroxylation sites is 1. The molecule has 1 aromatic heterocycles. The SMILES string of the molecule is C[C@@H]1CN(c2nc3c(C(=O)NC4C[C@H]5CCC[C@H](C4)N5C)cccc3o2)C[C@H](C)O1. The molecule has 2 bridgehead atoms. The molecule has 1 aromatic carbocycles. The van der Waals surface area contributed by atoms with Gasteiger partial charge in [-0.2, -0.15) is 4.98 Å². The molecule has 162 valence electrons. The first-order valence-electron chi connectivity index (χ1n) is 11.3. The molecule has 3 fully saturated rings. The first-order valence-corrected chi connectivity index (χ1v) is 11.3.